The van der Waals surface area contributed by atoms with Crippen molar-refractivity contribution in [3.8, 4) is 0 Å². The summed E-state index contributed by atoms with van der Waals surface area (Å²) in [5.41, 5.74) is 3.81. The van der Waals surface area contributed by atoms with Crippen molar-refractivity contribution in [3.05, 3.63) is 41.0 Å². The minimum atomic E-state index is -4.27. The highest BCUT2D eigenvalue weighted by Crippen LogP contribution is 2.61. The van der Waals surface area contributed by atoms with Crippen LogP contribution in [0.1, 0.15) is 77.3 Å². The van der Waals surface area contributed by atoms with Crippen LogP contribution in [0.15, 0.2) is 29.8 Å². The third-order valence-corrected chi connectivity index (χ3v) is 8.63. The molecule has 4 atom stereocenters. The summed E-state index contributed by atoms with van der Waals surface area (Å²) in [5, 5.41) is 0. The fourth-order valence-corrected chi connectivity index (χ4v) is 7.32. The Labute approximate surface area is 192 Å². The topological polar surface area (TPSA) is 86.7 Å². The molecule has 1 aromatic rings. The van der Waals surface area contributed by atoms with E-state index in [0.29, 0.717) is 23.4 Å². The first kappa shape index (κ1) is 23.3. The van der Waals surface area contributed by atoms with E-state index in [9.17, 15) is 13.2 Å². The van der Waals surface area contributed by atoms with E-state index in [-0.39, 0.29) is 23.4 Å². The second kappa shape index (κ2) is 8.17. The lowest BCUT2D eigenvalue weighted by Crippen LogP contribution is -2.48. The van der Waals surface area contributed by atoms with Gasteiger partial charge in [0.25, 0.3) is 0 Å². The molecule has 32 heavy (non-hydrogen) atoms. The van der Waals surface area contributed by atoms with E-state index in [4.69, 9.17) is 4.55 Å². The van der Waals surface area contributed by atoms with Crippen molar-refractivity contribution in [2.45, 2.75) is 84.7 Å². The van der Waals surface area contributed by atoms with E-state index in [1.807, 2.05) is 17.0 Å². The fourth-order valence-electron chi connectivity index (χ4n) is 6.90. The molecule has 0 aliphatic heterocycles. The molecule has 1 saturated carbocycles. The van der Waals surface area contributed by atoms with Gasteiger partial charge in [-0.3, -0.25) is 14.1 Å². The molecular weight excluding hydrogens is 424 g/mol. The van der Waals surface area contributed by atoms with Crippen LogP contribution in [-0.2, 0) is 21.5 Å². The predicted octanol–water partition coefficient (Wildman–Crippen LogP) is 4.94. The molecular formula is C25H36N2O4S. The molecule has 0 spiro atoms. The Morgan fingerprint density at radius 3 is 2.50 bits per heavy atom. The molecule has 6 nitrogen and oxygen atoms in total. The van der Waals surface area contributed by atoms with Crippen LogP contribution in [0.25, 0.3) is 0 Å². The molecule has 4 unspecified atom stereocenters. The second-order valence-corrected chi connectivity index (χ2v) is 11.8. The molecule has 3 aliphatic carbocycles. The average Bonchev–Trinajstić information content (AvgIpc) is 3.03. The lowest BCUT2D eigenvalue weighted by atomic mass is 9.54. The van der Waals surface area contributed by atoms with Gasteiger partial charge < -0.3 is 4.90 Å². The molecule has 1 amide bonds. The number of allylic oxidation sites excluding steroid dienone is 1. The van der Waals surface area contributed by atoms with Gasteiger partial charge in [0, 0.05) is 23.1 Å². The number of hydrogen-bond donors (Lipinski definition) is 2. The summed E-state index contributed by atoms with van der Waals surface area (Å²) in [4.78, 5) is 15.6. The van der Waals surface area contributed by atoms with Crippen LogP contribution < -0.4 is 4.72 Å². The van der Waals surface area contributed by atoms with Crippen molar-refractivity contribution in [1.29, 1.82) is 0 Å². The molecule has 176 valence electrons. The van der Waals surface area contributed by atoms with Gasteiger partial charge in [-0.2, -0.15) is 8.42 Å². The minimum absolute atomic E-state index is 0.0791. The Bertz CT molecular complexity index is 1040. The maximum atomic E-state index is 13.6. The highest BCUT2D eigenvalue weighted by atomic mass is 32.2. The molecule has 0 bridgehead atoms. The zero-order valence-electron chi connectivity index (χ0n) is 19.8. The minimum Gasteiger partial charge on any atom is -0.334 e. The van der Waals surface area contributed by atoms with Gasteiger partial charge in [-0.25, -0.2) is 0 Å². The average molecular weight is 461 g/mol. The Morgan fingerprint density at radius 2 is 1.88 bits per heavy atom. The maximum absolute atomic E-state index is 13.6. The fraction of sp³-hybridized carbons (Fsp3) is 0.640. The first-order valence-electron chi connectivity index (χ1n) is 11.8. The summed E-state index contributed by atoms with van der Waals surface area (Å²) in [6, 6.07) is 5.98. The number of anilines is 1. The SMILES string of the molecule is CC(C)N(C(=O)C1=CCC2C3CCc4cc(NS(=O)(=O)O)ccc4C3CCC12C)C(C)C. The van der Waals surface area contributed by atoms with Crippen LogP contribution in [0.3, 0.4) is 0 Å². The monoisotopic (exact) mass is 460 g/mol. The second-order valence-electron chi connectivity index (χ2n) is 10.6. The molecule has 4 rings (SSSR count). The number of nitrogens with zero attached hydrogens (tertiary/aromatic N) is 1. The van der Waals surface area contributed by atoms with Gasteiger partial charge in [0.2, 0.25) is 5.91 Å². The molecule has 1 fully saturated rings. The van der Waals surface area contributed by atoms with Crippen LogP contribution >= 0.6 is 0 Å². The Balaban J connectivity index is 1.58. The van der Waals surface area contributed by atoms with Crippen molar-refractivity contribution >= 4 is 21.9 Å². The van der Waals surface area contributed by atoms with E-state index >= 15 is 0 Å². The maximum Gasteiger partial charge on any atom is 0.357 e. The first-order valence-corrected chi connectivity index (χ1v) is 13.3. The highest BCUT2D eigenvalue weighted by Gasteiger charge is 2.53. The lowest BCUT2D eigenvalue weighted by Gasteiger charge is -2.50. The van der Waals surface area contributed by atoms with Gasteiger partial charge in [0.15, 0.2) is 0 Å². The summed E-state index contributed by atoms with van der Waals surface area (Å²) in [6.07, 6.45) is 7.13. The summed E-state index contributed by atoms with van der Waals surface area (Å²) in [5.74, 6) is 1.63. The number of rotatable bonds is 5. The zero-order valence-corrected chi connectivity index (χ0v) is 20.6. The van der Waals surface area contributed by atoms with E-state index < -0.39 is 10.3 Å². The number of nitrogens with one attached hydrogen (secondary N) is 1. The smallest absolute Gasteiger partial charge is 0.334 e. The molecule has 2 N–H and O–H groups in total. The van der Waals surface area contributed by atoms with Crippen LogP contribution in [0.4, 0.5) is 5.69 Å². The van der Waals surface area contributed by atoms with E-state index in [0.717, 1.165) is 43.2 Å². The van der Waals surface area contributed by atoms with Crippen LogP contribution in [0.5, 0.6) is 0 Å². The third-order valence-electron chi connectivity index (χ3n) is 8.13. The summed E-state index contributed by atoms with van der Waals surface area (Å²) in [6.45, 7) is 10.7. The van der Waals surface area contributed by atoms with Gasteiger partial charge in [-0.15, -0.1) is 0 Å². The largest absolute Gasteiger partial charge is 0.357 e. The Morgan fingerprint density at radius 1 is 1.19 bits per heavy atom. The molecule has 0 aromatic heterocycles. The van der Waals surface area contributed by atoms with Crippen molar-refractivity contribution < 1.29 is 17.8 Å². The number of aryl methyl sites for hydroxylation is 1. The van der Waals surface area contributed by atoms with Gasteiger partial charge in [-0.05, 0) is 101 Å². The first-order chi connectivity index (χ1) is 14.9. The molecule has 0 radical (unpaired) electrons. The molecule has 0 saturated heterocycles. The summed E-state index contributed by atoms with van der Waals surface area (Å²) in [7, 11) is -4.27. The molecule has 3 aliphatic rings. The van der Waals surface area contributed by atoms with Crippen LogP contribution in [-0.4, -0.2) is 35.9 Å². The van der Waals surface area contributed by atoms with Gasteiger partial charge >= 0.3 is 10.3 Å². The van der Waals surface area contributed by atoms with E-state index in [1.165, 1.54) is 5.56 Å². The number of carbonyl (C=O) groups is 1. The van der Waals surface area contributed by atoms with Gasteiger partial charge in [-0.1, -0.05) is 19.1 Å². The van der Waals surface area contributed by atoms with Crippen molar-refractivity contribution in [1.82, 2.24) is 4.90 Å². The van der Waals surface area contributed by atoms with Crippen LogP contribution in [0, 0.1) is 17.3 Å². The van der Waals surface area contributed by atoms with Crippen molar-refractivity contribution in [3.63, 3.8) is 0 Å². The quantitative estimate of drug-likeness (QED) is 0.610. The molecule has 0 heterocycles. The van der Waals surface area contributed by atoms with Gasteiger partial charge in [0.05, 0.1) is 5.69 Å². The summed E-state index contributed by atoms with van der Waals surface area (Å²) >= 11 is 0. The lowest BCUT2D eigenvalue weighted by molar-refractivity contribution is -0.132. The zero-order chi connectivity index (χ0) is 23.4. The summed E-state index contributed by atoms with van der Waals surface area (Å²) < 4.78 is 33.6. The number of hydrogen-bond acceptors (Lipinski definition) is 3. The van der Waals surface area contributed by atoms with E-state index in [1.54, 1.807) is 6.07 Å². The normalized spacial score (nSPS) is 29.2. The number of benzene rings is 1. The molecule has 1 aromatic carbocycles. The standard InChI is InChI=1S/C25H36N2O4S/c1-15(2)27(16(3)4)24(28)23-11-10-22-21-8-6-17-14-18(26-32(29,30)31)7-9-19(17)20(21)12-13-25(22,23)5/h7,9,11,14-16,20-22,26H,6,8,10,12-13H2,1-5H3,(H,29,30,31). The number of amides is 1. The third kappa shape index (κ3) is 3.98. The van der Waals surface area contributed by atoms with Crippen LogP contribution in [0.2, 0.25) is 0 Å². The number of fused-ring (bicyclic) bond motifs is 5. The van der Waals surface area contributed by atoms with Gasteiger partial charge in [0.1, 0.15) is 0 Å². The van der Waals surface area contributed by atoms with Crippen molar-refractivity contribution in [2.75, 3.05) is 4.72 Å². The number of carbonyl (C=O) groups excluding carboxylic acids is 1. The predicted molar refractivity (Wildman–Crippen MR) is 127 cm³/mol. The highest BCUT2D eigenvalue weighted by molar-refractivity contribution is 7.87. The Kier molecular flexibility index (Phi) is 5.95. The van der Waals surface area contributed by atoms with E-state index in [2.05, 4.69) is 45.4 Å². The van der Waals surface area contributed by atoms with Crippen molar-refractivity contribution in [2.24, 2.45) is 17.3 Å². The Hall–Kier alpha value is -1.86. The molecule has 7 heteroatoms.